The Hall–Kier alpha value is -1.46. The van der Waals surface area contributed by atoms with E-state index in [1.165, 1.54) is 0 Å². The maximum absolute atomic E-state index is 6.04. The molecule has 0 atom stereocenters. The van der Waals surface area contributed by atoms with E-state index in [0.717, 1.165) is 11.4 Å². The molecule has 0 aliphatic heterocycles. The summed E-state index contributed by atoms with van der Waals surface area (Å²) in [4.78, 5) is 8.63. The molecule has 2 heterocycles. The predicted molar refractivity (Wildman–Crippen MR) is 74.0 cm³/mol. The molecule has 0 saturated carbocycles. The number of aromatic nitrogens is 4. The summed E-state index contributed by atoms with van der Waals surface area (Å²) in [5.41, 5.74) is 1.69. The fraction of sp³-hybridized carbons (Fsp3) is 0.462. The molecule has 0 amide bonds. The van der Waals surface area contributed by atoms with E-state index >= 15 is 0 Å². The minimum atomic E-state index is 0.258. The van der Waals surface area contributed by atoms with Gasteiger partial charge in [0.25, 0.3) is 0 Å². The van der Waals surface area contributed by atoms with E-state index in [1.807, 2.05) is 17.7 Å². The van der Waals surface area contributed by atoms with E-state index in [9.17, 15) is 0 Å². The van der Waals surface area contributed by atoms with Crippen LogP contribution >= 0.6 is 11.6 Å². The first-order valence-electron chi connectivity index (χ1n) is 6.27. The molecule has 0 bridgehead atoms. The Morgan fingerprint density at radius 2 is 2.16 bits per heavy atom. The lowest BCUT2D eigenvalue weighted by molar-refractivity contribution is 0.128. The Kier molecular flexibility index (Phi) is 4.50. The molecule has 5 nitrogen and oxygen atoms in total. The zero-order valence-corrected chi connectivity index (χ0v) is 12.1. The molecule has 6 heteroatoms. The van der Waals surface area contributed by atoms with Crippen molar-refractivity contribution in [2.45, 2.75) is 33.4 Å². The summed E-state index contributed by atoms with van der Waals surface area (Å²) < 4.78 is 7.22. The van der Waals surface area contributed by atoms with Gasteiger partial charge in [-0.3, -0.25) is 4.68 Å². The first-order valence-corrected chi connectivity index (χ1v) is 6.64. The number of halogens is 1. The minimum absolute atomic E-state index is 0.258. The van der Waals surface area contributed by atoms with Gasteiger partial charge in [-0.15, -0.1) is 0 Å². The lowest BCUT2D eigenvalue weighted by Crippen LogP contribution is -2.07. The van der Waals surface area contributed by atoms with Crippen LogP contribution in [-0.2, 0) is 11.3 Å². The van der Waals surface area contributed by atoms with Crippen molar-refractivity contribution in [2.75, 3.05) is 6.61 Å². The van der Waals surface area contributed by atoms with Gasteiger partial charge in [0.05, 0.1) is 11.4 Å². The SMILES string of the molecule is CCOCc1nc(Cl)cc(-c2ccnn2C(C)C)n1. The van der Waals surface area contributed by atoms with Gasteiger partial charge in [0.15, 0.2) is 5.82 Å². The fourth-order valence-corrected chi connectivity index (χ4v) is 1.98. The van der Waals surface area contributed by atoms with Gasteiger partial charge < -0.3 is 4.74 Å². The molecule has 0 aliphatic carbocycles. The van der Waals surface area contributed by atoms with E-state index in [0.29, 0.717) is 24.2 Å². The monoisotopic (exact) mass is 280 g/mol. The molecule has 0 spiro atoms. The highest BCUT2D eigenvalue weighted by Gasteiger charge is 2.12. The van der Waals surface area contributed by atoms with E-state index < -0.39 is 0 Å². The topological polar surface area (TPSA) is 52.8 Å². The van der Waals surface area contributed by atoms with Gasteiger partial charge in [0.2, 0.25) is 0 Å². The van der Waals surface area contributed by atoms with Crippen LogP contribution in [0.2, 0.25) is 5.15 Å². The van der Waals surface area contributed by atoms with Gasteiger partial charge in [-0.05, 0) is 26.8 Å². The molecule has 0 fully saturated rings. The average molecular weight is 281 g/mol. The molecule has 102 valence electrons. The molecule has 19 heavy (non-hydrogen) atoms. The van der Waals surface area contributed by atoms with Gasteiger partial charge >= 0.3 is 0 Å². The van der Waals surface area contributed by atoms with E-state index in [4.69, 9.17) is 16.3 Å². The smallest absolute Gasteiger partial charge is 0.156 e. The maximum atomic E-state index is 6.04. The van der Waals surface area contributed by atoms with Crippen molar-refractivity contribution in [2.24, 2.45) is 0 Å². The second kappa shape index (κ2) is 6.12. The molecule has 0 saturated heterocycles. The molecule has 2 rings (SSSR count). The second-order valence-corrected chi connectivity index (χ2v) is 4.77. The van der Waals surface area contributed by atoms with Crippen molar-refractivity contribution in [3.8, 4) is 11.4 Å². The number of ether oxygens (including phenoxy) is 1. The van der Waals surface area contributed by atoms with Crippen molar-refractivity contribution in [3.05, 3.63) is 29.3 Å². The Morgan fingerprint density at radius 3 is 2.84 bits per heavy atom. The van der Waals surface area contributed by atoms with Gasteiger partial charge in [-0.1, -0.05) is 11.6 Å². The van der Waals surface area contributed by atoms with E-state index in [2.05, 4.69) is 28.9 Å². The minimum Gasteiger partial charge on any atom is -0.374 e. The van der Waals surface area contributed by atoms with Crippen LogP contribution in [-0.4, -0.2) is 26.4 Å². The number of hydrogen-bond acceptors (Lipinski definition) is 4. The zero-order chi connectivity index (χ0) is 13.8. The molecule has 0 radical (unpaired) electrons. The van der Waals surface area contributed by atoms with Crippen LogP contribution in [0, 0.1) is 0 Å². The number of rotatable bonds is 5. The highest BCUT2D eigenvalue weighted by atomic mass is 35.5. The third-order valence-corrected chi connectivity index (χ3v) is 2.79. The van der Waals surface area contributed by atoms with Crippen LogP contribution in [0.25, 0.3) is 11.4 Å². The van der Waals surface area contributed by atoms with Crippen LogP contribution in [0.15, 0.2) is 18.3 Å². The Labute approximate surface area is 117 Å². The fourth-order valence-electron chi connectivity index (χ4n) is 1.78. The zero-order valence-electron chi connectivity index (χ0n) is 11.3. The summed E-state index contributed by atoms with van der Waals surface area (Å²) in [5, 5.41) is 4.71. The first-order chi connectivity index (χ1) is 9.11. The molecule has 2 aromatic heterocycles. The standard InChI is InChI=1S/C13H17ClN4O/c1-4-19-8-13-16-10(7-12(14)17-13)11-5-6-15-18(11)9(2)3/h5-7,9H,4,8H2,1-3H3. The maximum Gasteiger partial charge on any atom is 0.156 e. The quantitative estimate of drug-likeness (QED) is 0.790. The molecule has 0 aromatic carbocycles. The highest BCUT2D eigenvalue weighted by molar-refractivity contribution is 6.29. The Morgan fingerprint density at radius 1 is 1.37 bits per heavy atom. The van der Waals surface area contributed by atoms with Crippen molar-refractivity contribution < 1.29 is 4.74 Å². The first kappa shape index (κ1) is 14.0. The van der Waals surface area contributed by atoms with Crippen molar-refractivity contribution in [3.63, 3.8) is 0 Å². The third kappa shape index (κ3) is 3.30. The van der Waals surface area contributed by atoms with Crippen LogP contribution in [0.5, 0.6) is 0 Å². The summed E-state index contributed by atoms with van der Waals surface area (Å²) >= 11 is 6.04. The second-order valence-electron chi connectivity index (χ2n) is 4.38. The average Bonchev–Trinajstić information content (AvgIpc) is 2.85. The molecule has 0 N–H and O–H groups in total. The molecular weight excluding hydrogens is 264 g/mol. The largest absolute Gasteiger partial charge is 0.374 e. The van der Waals surface area contributed by atoms with Crippen molar-refractivity contribution in [1.29, 1.82) is 0 Å². The van der Waals surface area contributed by atoms with Gasteiger partial charge in [0, 0.05) is 24.9 Å². The lowest BCUT2D eigenvalue weighted by atomic mass is 10.2. The van der Waals surface area contributed by atoms with Crippen LogP contribution in [0.3, 0.4) is 0 Å². The van der Waals surface area contributed by atoms with Crippen LogP contribution in [0.4, 0.5) is 0 Å². The molecular formula is C13H17ClN4O. The third-order valence-electron chi connectivity index (χ3n) is 2.60. The number of hydrogen-bond donors (Lipinski definition) is 0. The normalized spacial score (nSPS) is 11.2. The molecule has 2 aromatic rings. The highest BCUT2D eigenvalue weighted by Crippen LogP contribution is 2.22. The van der Waals surface area contributed by atoms with Gasteiger partial charge in [-0.2, -0.15) is 5.10 Å². The van der Waals surface area contributed by atoms with Crippen LogP contribution in [0.1, 0.15) is 32.6 Å². The summed E-state index contributed by atoms with van der Waals surface area (Å²) in [7, 11) is 0. The summed E-state index contributed by atoms with van der Waals surface area (Å²) in [5.74, 6) is 0.584. The lowest BCUT2D eigenvalue weighted by Gasteiger charge is -2.11. The summed E-state index contributed by atoms with van der Waals surface area (Å²) in [6.07, 6.45) is 1.76. The van der Waals surface area contributed by atoms with E-state index in [-0.39, 0.29) is 6.04 Å². The number of nitrogens with zero attached hydrogens (tertiary/aromatic N) is 4. The molecule has 0 aliphatic rings. The van der Waals surface area contributed by atoms with Crippen LogP contribution < -0.4 is 0 Å². The van der Waals surface area contributed by atoms with Crippen molar-refractivity contribution >= 4 is 11.6 Å². The van der Waals surface area contributed by atoms with E-state index in [1.54, 1.807) is 12.3 Å². The van der Waals surface area contributed by atoms with Crippen molar-refractivity contribution in [1.82, 2.24) is 19.7 Å². The molecule has 0 unspecified atom stereocenters. The van der Waals surface area contributed by atoms with Gasteiger partial charge in [0.1, 0.15) is 11.8 Å². The predicted octanol–water partition coefficient (Wildman–Crippen LogP) is 3.11. The van der Waals surface area contributed by atoms with Gasteiger partial charge in [-0.25, -0.2) is 9.97 Å². The summed E-state index contributed by atoms with van der Waals surface area (Å²) in [6, 6.07) is 3.92. The summed E-state index contributed by atoms with van der Waals surface area (Å²) in [6.45, 7) is 7.05. The Balaban J connectivity index is 2.38. The Bertz CT molecular complexity index is 553.